The fourth-order valence-electron chi connectivity index (χ4n) is 4.63. The number of aromatic nitrogens is 1. The summed E-state index contributed by atoms with van der Waals surface area (Å²) in [7, 11) is 0. The van der Waals surface area contributed by atoms with Crippen LogP contribution >= 0.6 is 0 Å². The first kappa shape index (κ1) is 20.1. The first-order chi connectivity index (χ1) is 14.9. The van der Waals surface area contributed by atoms with Crippen molar-refractivity contribution in [2.75, 3.05) is 6.54 Å². The first-order valence-corrected chi connectivity index (χ1v) is 10.4. The molecule has 2 aliphatic rings. The predicted octanol–water partition coefficient (Wildman–Crippen LogP) is 3.54. The fourth-order valence-corrected chi connectivity index (χ4v) is 4.63. The molecule has 1 aliphatic carbocycles. The summed E-state index contributed by atoms with van der Waals surface area (Å²) in [5.41, 5.74) is 2.44. The van der Waals surface area contributed by atoms with Gasteiger partial charge in [-0.2, -0.15) is 0 Å². The molecule has 1 aliphatic heterocycles. The van der Waals surface area contributed by atoms with Crippen LogP contribution in [-0.4, -0.2) is 34.8 Å². The summed E-state index contributed by atoms with van der Waals surface area (Å²) < 4.78 is 41.8. The summed E-state index contributed by atoms with van der Waals surface area (Å²) in [6, 6.07) is 7.75. The lowest BCUT2D eigenvalue weighted by atomic mass is 9.70. The van der Waals surface area contributed by atoms with E-state index in [2.05, 4.69) is 15.6 Å². The van der Waals surface area contributed by atoms with E-state index in [1.807, 2.05) is 0 Å². The number of hydrogen-bond donors (Lipinski definition) is 4. The topological polar surface area (TPSA) is 77.2 Å². The summed E-state index contributed by atoms with van der Waals surface area (Å²) >= 11 is 0. The third-order valence-corrected chi connectivity index (χ3v) is 6.38. The van der Waals surface area contributed by atoms with Crippen molar-refractivity contribution in [2.24, 2.45) is 5.92 Å². The van der Waals surface area contributed by atoms with Gasteiger partial charge in [-0.3, -0.25) is 10.1 Å². The van der Waals surface area contributed by atoms with Crippen molar-refractivity contribution in [3.63, 3.8) is 0 Å². The number of H-pyrrole nitrogens is 1. The lowest BCUT2D eigenvalue weighted by molar-refractivity contribution is -0.129. The van der Waals surface area contributed by atoms with Gasteiger partial charge in [0.2, 0.25) is 5.91 Å². The van der Waals surface area contributed by atoms with E-state index >= 15 is 0 Å². The van der Waals surface area contributed by atoms with E-state index in [1.165, 1.54) is 18.2 Å². The summed E-state index contributed by atoms with van der Waals surface area (Å²) in [6.45, 7) is 0.514. The quantitative estimate of drug-likeness (QED) is 0.501. The van der Waals surface area contributed by atoms with Gasteiger partial charge in [0.1, 0.15) is 23.7 Å². The zero-order valence-electron chi connectivity index (χ0n) is 16.6. The maximum absolute atomic E-state index is 14.4. The number of nitrogens with one attached hydrogen (secondary N) is 3. The zero-order valence-corrected chi connectivity index (χ0v) is 16.6. The second kappa shape index (κ2) is 7.69. The fraction of sp³-hybridized carbons (Fsp3) is 0.348. The smallest absolute Gasteiger partial charge is 0.237 e. The van der Waals surface area contributed by atoms with Crippen LogP contribution in [-0.2, 0) is 4.79 Å². The number of aliphatic hydroxyl groups is 1. The highest BCUT2D eigenvalue weighted by atomic mass is 19.1. The van der Waals surface area contributed by atoms with Crippen LogP contribution in [0.15, 0.2) is 36.4 Å². The zero-order chi connectivity index (χ0) is 21.7. The number of carbonyl (C=O) groups is 1. The Morgan fingerprint density at radius 1 is 1.06 bits per heavy atom. The SMILES string of the molecule is O=C(NCC1CC(c2c(-c3ccc(F)cc3)[nH]c3c(F)cc(F)cc23)C1)[C@H]1CC(O)N1. The number of aromatic amines is 1. The van der Waals surface area contributed by atoms with Crippen molar-refractivity contribution >= 4 is 16.8 Å². The number of fused-ring (bicyclic) bond motifs is 1. The van der Waals surface area contributed by atoms with Crippen molar-refractivity contribution in [2.45, 2.75) is 37.5 Å². The number of benzene rings is 2. The molecule has 2 heterocycles. The van der Waals surface area contributed by atoms with Gasteiger partial charge >= 0.3 is 0 Å². The van der Waals surface area contributed by atoms with Gasteiger partial charge in [-0.05, 0) is 66.1 Å². The number of hydrogen-bond acceptors (Lipinski definition) is 3. The van der Waals surface area contributed by atoms with Gasteiger partial charge in [0.05, 0.1) is 17.3 Å². The second-order valence-electron chi connectivity index (χ2n) is 8.48. The van der Waals surface area contributed by atoms with Crippen molar-refractivity contribution in [1.29, 1.82) is 0 Å². The molecule has 5 nitrogen and oxygen atoms in total. The highest BCUT2D eigenvalue weighted by molar-refractivity contribution is 5.92. The average Bonchev–Trinajstić information content (AvgIpc) is 3.04. The molecule has 8 heteroatoms. The Morgan fingerprint density at radius 3 is 2.45 bits per heavy atom. The first-order valence-electron chi connectivity index (χ1n) is 10.4. The third kappa shape index (κ3) is 3.70. The third-order valence-electron chi connectivity index (χ3n) is 6.38. The van der Waals surface area contributed by atoms with E-state index in [0.29, 0.717) is 29.6 Å². The molecule has 31 heavy (non-hydrogen) atoms. The number of rotatable bonds is 5. The van der Waals surface area contributed by atoms with E-state index in [1.54, 1.807) is 12.1 Å². The number of aliphatic hydroxyl groups excluding tert-OH is 1. The number of carbonyl (C=O) groups excluding carboxylic acids is 1. The molecule has 4 N–H and O–H groups in total. The van der Waals surface area contributed by atoms with Gasteiger partial charge in [0.15, 0.2) is 0 Å². The molecule has 5 rings (SSSR count). The maximum atomic E-state index is 14.4. The molecule has 162 valence electrons. The van der Waals surface area contributed by atoms with Crippen LogP contribution in [0.25, 0.3) is 22.2 Å². The molecule has 2 aromatic carbocycles. The minimum atomic E-state index is -0.664. The van der Waals surface area contributed by atoms with Gasteiger partial charge in [-0.15, -0.1) is 0 Å². The Hall–Kier alpha value is -2.84. The summed E-state index contributed by atoms with van der Waals surface area (Å²) in [5, 5.41) is 15.4. The molecule has 1 amide bonds. The maximum Gasteiger partial charge on any atom is 0.237 e. The molecule has 0 spiro atoms. The molecule has 0 radical (unpaired) electrons. The number of halogens is 3. The van der Waals surface area contributed by atoms with E-state index in [9.17, 15) is 23.1 Å². The van der Waals surface area contributed by atoms with Crippen molar-refractivity contribution in [3.8, 4) is 11.3 Å². The molecule has 3 aromatic rings. The van der Waals surface area contributed by atoms with Crippen molar-refractivity contribution < 1.29 is 23.1 Å². The molecule has 0 bridgehead atoms. The largest absolute Gasteiger partial charge is 0.379 e. The van der Waals surface area contributed by atoms with Crippen LogP contribution < -0.4 is 10.6 Å². The van der Waals surface area contributed by atoms with Crippen LogP contribution in [0.5, 0.6) is 0 Å². The Bertz CT molecular complexity index is 1130. The van der Waals surface area contributed by atoms with Crippen LogP contribution in [0.1, 0.15) is 30.7 Å². The van der Waals surface area contributed by atoms with Gasteiger partial charge in [-0.25, -0.2) is 13.2 Å². The molecule has 2 atom stereocenters. The lowest BCUT2D eigenvalue weighted by Crippen LogP contribution is -2.59. The minimum Gasteiger partial charge on any atom is -0.379 e. The summed E-state index contributed by atoms with van der Waals surface area (Å²) in [4.78, 5) is 15.1. The normalized spacial score (nSPS) is 25.2. The molecule has 1 aromatic heterocycles. The van der Waals surface area contributed by atoms with Gasteiger partial charge in [-0.1, -0.05) is 0 Å². The standard InChI is InChI=1S/C23H22F3N3O2/c24-14-3-1-12(2-4-14)21-20(16-7-15(25)8-17(26)22(16)29-21)13-5-11(6-13)10-27-23(31)18-9-19(30)28-18/h1-4,7-8,11,13,18-19,28-30H,5-6,9-10H2,(H,27,31)/t11?,13?,18-,19?/m1/s1. The Balaban J connectivity index is 1.37. The van der Waals surface area contributed by atoms with Crippen molar-refractivity contribution in [1.82, 2.24) is 15.6 Å². The minimum absolute atomic E-state index is 0.0700. The molecule has 2 fully saturated rings. The van der Waals surface area contributed by atoms with Crippen LogP contribution in [0, 0.1) is 23.4 Å². The monoisotopic (exact) mass is 429 g/mol. The lowest BCUT2D eigenvalue weighted by Gasteiger charge is -2.37. The Kier molecular flexibility index (Phi) is 4.98. The highest BCUT2D eigenvalue weighted by Gasteiger charge is 2.36. The molecule has 1 unspecified atom stereocenters. The van der Waals surface area contributed by atoms with E-state index < -0.39 is 17.9 Å². The van der Waals surface area contributed by atoms with Crippen LogP contribution in [0.2, 0.25) is 0 Å². The highest BCUT2D eigenvalue weighted by Crippen LogP contribution is 2.48. The Morgan fingerprint density at radius 2 is 1.77 bits per heavy atom. The second-order valence-corrected chi connectivity index (χ2v) is 8.48. The van der Waals surface area contributed by atoms with Crippen LogP contribution in [0.4, 0.5) is 13.2 Å². The van der Waals surface area contributed by atoms with E-state index in [4.69, 9.17) is 0 Å². The van der Waals surface area contributed by atoms with E-state index in [-0.39, 0.29) is 35.1 Å². The van der Waals surface area contributed by atoms with Gasteiger partial charge in [0, 0.05) is 24.4 Å². The average molecular weight is 429 g/mol. The number of amides is 1. The predicted molar refractivity (Wildman–Crippen MR) is 110 cm³/mol. The molecule has 1 saturated heterocycles. The summed E-state index contributed by atoms with van der Waals surface area (Å²) in [6.07, 6.45) is 1.32. The van der Waals surface area contributed by atoms with E-state index in [0.717, 1.165) is 24.5 Å². The molecular weight excluding hydrogens is 407 g/mol. The van der Waals surface area contributed by atoms with Gasteiger partial charge < -0.3 is 15.4 Å². The van der Waals surface area contributed by atoms with Gasteiger partial charge in [0.25, 0.3) is 0 Å². The van der Waals surface area contributed by atoms with Crippen molar-refractivity contribution in [3.05, 3.63) is 59.4 Å². The summed E-state index contributed by atoms with van der Waals surface area (Å²) in [5.74, 6) is -1.48. The van der Waals surface area contributed by atoms with Crippen LogP contribution in [0.3, 0.4) is 0 Å². The molecule has 1 saturated carbocycles. The Labute approximate surface area is 176 Å². The molecular formula is C23H22F3N3O2.